The molecule has 2 rings (SSSR count). The first-order valence-electron chi connectivity index (χ1n) is 7.12. The quantitative estimate of drug-likeness (QED) is 0.725. The van der Waals surface area contributed by atoms with Gasteiger partial charge in [0.15, 0.2) is 0 Å². The molecule has 1 saturated carbocycles. The number of hydrogen-bond donors (Lipinski definition) is 0. The van der Waals surface area contributed by atoms with Crippen LogP contribution < -0.4 is 0 Å². The van der Waals surface area contributed by atoms with Crippen LogP contribution in [0.25, 0.3) is 0 Å². The van der Waals surface area contributed by atoms with Crippen LogP contribution in [0.3, 0.4) is 0 Å². The van der Waals surface area contributed by atoms with Crippen LogP contribution in [0, 0.1) is 11.8 Å². The van der Waals surface area contributed by atoms with Gasteiger partial charge in [-0.05, 0) is 44.6 Å². The normalized spacial score (nSPS) is 33.4. The van der Waals surface area contributed by atoms with E-state index in [9.17, 15) is 8.42 Å². The van der Waals surface area contributed by atoms with E-state index in [1.54, 1.807) is 4.31 Å². The van der Waals surface area contributed by atoms with E-state index in [0.29, 0.717) is 24.4 Å². The van der Waals surface area contributed by atoms with Crippen LogP contribution >= 0.6 is 11.6 Å². The minimum atomic E-state index is -3.02. The highest BCUT2D eigenvalue weighted by atomic mass is 35.5. The smallest absolute Gasteiger partial charge is 0.211 e. The fourth-order valence-corrected chi connectivity index (χ4v) is 4.68. The first kappa shape index (κ1) is 15.5. The van der Waals surface area contributed by atoms with Crippen molar-refractivity contribution in [3.8, 4) is 0 Å². The van der Waals surface area contributed by atoms with Crippen LogP contribution in [0.4, 0.5) is 0 Å². The molecule has 112 valence electrons. The van der Waals surface area contributed by atoms with Gasteiger partial charge < -0.3 is 4.90 Å². The van der Waals surface area contributed by atoms with Crippen LogP contribution in [0.15, 0.2) is 0 Å². The summed E-state index contributed by atoms with van der Waals surface area (Å²) >= 11 is 6.00. The molecule has 1 aliphatic carbocycles. The van der Waals surface area contributed by atoms with Crippen molar-refractivity contribution < 1.29 is 8.42 Å². The number of halogens is 1. The molecule has 4 nitrogen and oxygen atoms in total. The summed E-state index contributed by atoms with van der Waals surface area (Å²) in [5.74, 6) is 1.21. The monoisotopic (exact) mass is 308 g/mol. The summed E-state index contributed by atoms with van der Waals surface area (Å²) in [4.78, 5) is 2.35. The minimum absolute atomic E-state index is 0.383. The lowest BCUT2D eigenvalue weighted by Gasteiger charge is -2.37. The van der Waals surface area contributed by atoms with E-state index in [1.165, 1.54) is 6.26 Å². The van der Waals surface area contributed by atoms with E-state index in [-0.39, 0.29) is 0 Å². The fraction of sp³-hybridized carbons (Fsp3) is 1.00. The molecule has 1 heterocycles. The van der Waals surface area contributed by atoms with Crippen molar-refractivity contribution in [2.75, 3.05) is 39.5 Å². The Kier molecular flexibility index (Phi) is 5.15. The van der Waals surface area contributed by atoms with Gasteiger partial charge in [0.2, 0.25) is 10.0 Å². The van der Waals surface area contributed by atoms with Crippen molar-refractivity contribution in [3.63, 3.8) is 0 Å². The number of piperidine rings is 1. The third-order valence-corrected chi connectivity index (χ3v) is 5.89. The Labute approximate surface area is 122 Å². The molecule has 0 aromatic heterocycles. The standard InChI is InChI=1S/C13H25ClN2O2S/c1-15(9-12-6-13(14)7-12)8-11-4-3-5-16(10-11)19(2,17)18/h11-13H,3-10H2,1-2H3. The Morgan fingerprint density at radius 3 is 2.47 bits per heavy atom. The third kappa shape index (κ3) is 4.59. The zero-order chi connectivity index (χ0) is 14.0. The highest BCUT2D eigenvalue weighted by Gasteiger charge is 2.30. The van der Waals surface area contributed by atoms with Crippen molar-refractivity contribution in [1.82, 2.24) is 9.21 Å². The second-order valence-electron chi connectivity index (χ2n) is 6.29. The predicted octanol–water partition coefficient (Wildman–Crippen LogP) is 1.61. The Balaban J connectivity index is 1.75. The second-order valence-corrected chi connectivity index (χ2v) is 8.88. The average molecular weight is 309 g/mol. The first-order chi connectivity index (χ1) is 8.84. The molecule has 1 unspecified atom stereocenters. The van der Waals surface area contributed by atoms with E-state index in [2.05, 4.69) is 11.9 Å². The van der Waals surface area contributed by atoms with Crippen molar-refractivity contribution in [2.45, 2.75) is 31.1 Å². The summed E-state index contributed by atoms with van der Waals surface area (Å²) in [5, 5.41) is 0.383. The van der Waals surface area contributed by atoms with Crippen molar-refractivity contribution in [1.29, 1.82) is 0 Å². The summed E-state index contributed by atoms with van der Waals surface area (Å²) in [6.45, 7) is 3.47. The maximum atomic E-state index is 11.6. The predicted molar refractivity (Wildman–Crippen MR) is 79.0 cm³/mol. The molecular formula is C13H25ClN2O2S. The lowest BCUT2D eigenvalue weighted by atomic mass is 9.84. The zero-order valence-corrected chi connectivity index (χ0v) is 13.5. The number of alkyl halides is 1. The number of nitrogens with zero attached hydrogens (tertiary/aromatic N) is 2. The van der Waals surface area contributed by atoms with Gasteiger partial charge in [0.1, 0.15) is 0 Å². The van der Waals surface area contributed by atoms with Gasteiger partial charge in [-0.15, -0.1) is 11.6 Å². The molecule has 1 atom stereocenters. The van der Waals surface area contributed by atoms with Gasteiger partial charge in [-0.3, -0.25) is 0 Å². The molecule has 0 amide bonds. The lowest BCUT2D eigenvalue weighted by Crippen LogP contribution is -2.44. The first-order valence-corrected chi connectivity index (χ1v) is 9.41. The molecule has 0 radical (unpaired) electrons. The van der Waals surface area contributed by atoms with Gasteiger partial charge in [-0.1, -0.05) is 0 Å². The number of rotatable bonds is 5. The van der Waals surface area contributed by atoms with Crippen molar-refractivity contribution >= 4 is 21.6 Å². The largest absolute Gasteiger partial charge is 0.306 e. The maximum absolute atomic E-state index is 11.6. The second kappa shape index (κ2) is 6.29. The Hall–Kier alpha value is 0.160. The Morgan fingerprint density at radius 1 is 1.26 bits per heavy atom. The lowest BCUT2D eigenvalue weighted by molar-refractivity contribution is 0.160. The number of sulfonamides is 1. The molecule has 6 heteroatoms. The van der Waals surface area contributed by atoms with Crippen LogP contribution in [-0.4, -0.2) is 62.5 Å². The molecule has 0 aromatic carbocycles. The maximum Gasteiger partial charge on any atom is 0.211 e. The van der Waals surface area contributed by atoms with E-state index in [4.69, 9.17) is 11.6 Å². The van der Waals surface area contributed by atoms with Gasteiger partial charge in [0.25, 0.3) is 0 Å². The molecule has 0 aromatic rings. The van der Waals surface area contributed by atoms with Crippen molar-refractivity contribution in [3.05, 3.63) is 0 Å². The van der Waals surface area contributed by atoms with E-state index < -0.39 is 10.0 Å². The van der Waals surface area contributed by atoms with E-state index in [0.717, 1.165) is 44.7 Å². The molecule has 2 aliphatic rings. The summed E-state index contributed by atoms with van der Waals surface area (Å²) in [5.41, 5.74) is 0. The van der Waals surface area contributed by atoms with Gasteiger partial charge in [-0.25, -0.2) is 12.7 Å². The molecule has 1 saturated heterocycles. The third-order valence-electron chi connectivity index (χ3n) is 4.27. The summed E-state index contributed by atoms with van der Waals surface area (Å²) in [6.07, 6.45) is 5.70. The highest BCUT2D eigenvalue weighted by molar-refractivity contribution is 7.88. The molecule has 2 fully saturated rings. The Morgan fingerprint density at radius 2 is 1.89 bits per heavy atom. The number of hydrogen-bond acceptors (Lipinski definition) is 3. The molecule has 0 N–H and O–H groups in total. The molecular weight excluding hydrogens is 284 g/mol. The van der Waals surface area contributed by atoms with Gasteiger partial charge in [-0.2, -0.15) is 0 Å². The molecule has 0 spiro atoms. The zero-order valence-electron chi connectivity index (χ0n) is 11.9. The summed E-state index contributed by atoms with van der Waals surface area (Å²) in [6, 6.07) is 0. The van der Waals surface area contributed by atoms with Crippen LogP contribution in [0.1, 0.15) is 25.7 Å². The van der Waals surface area contributed by atoms with Gasteiger partial charge in [0.05, 0.1) is 6.26 Å². The van der Waals surface area contributed by atoms with Crippen LogP contribution in [-0.2, 0) is 10.0 Å². The summed E-state index contributed by atoms with van der Waals surface area (Å²) < 4.78 is 24.8. The minimum Gasteiger partial charge on any atom is -0.306 e. The van der Waals surface area contributed by atoms with Crippen LogP contribution in [0.2, 0.25) is 0 Å². The van der Waals surface area contributed by atoms with E-state index >= 15 is 0 Å². The average Bonchev–Trinajstić information content (AvgIpc) is 2.26. The molecule has 19 heavy (non-hydrogen) atoms. The van der Waals surface area contributed by atoms with E-state index in [1.807, 2.05) is 0 Å². The Bertz CT molecular complexity index is 395. The molecule has 1 aliphatic heterocycles. The van der Waals surface area contributed by atoms with Gasteiger partial charge >= 0.3 is 0 Å². The van der Waals surface area contributed by atoms with Crippen LogP contribution in [0.5, 0.6) is 0 Å². The van der Waals surface area contributed by atoms with Gasteiger partial charge in [0, 0.05) is 31.6 Å². The fourth-order valence-electron chi connectivity index (χ4n) is 3.24. The van der Waals surface area contributed by atoms with Crippen molar-refractivity contribution in [2.24, 2.45) is 11.8 Å². The SMILES string of the molecule is CN(CC1CC(Cl)C1)CC1CCCN(S(C)(=O)=O)C1. The molecule has 0 bridgehead atoms. The topological polar surface area (TPSA) is 40.6 Å². The highest BCUT2D eigenvalue weighted by Crippen LogP contribution is 2.32. The summed E-state index contributed by atoms with van der Waals surface area (Å²) in [7, 11) is -0.881.